The van der Waals surface area contributed by atoms with Gasteiger partial charge in [-0.15, -0.1) is 0 Å². The molecule has 0 atom stereocenters. The standard InChI is InChI=1S/C21H26N2O5S/c1-3-4-5-6-14-28-18-12-10-16(11-13-18)20(24)22-23-21(25)17-8-7-9-19(15-17)29(2,26)27/h7-13,15H,3-6,14H2,1-2H3,(H,22,24)(H,23,25). The van der Waals surface area contributed by atoms with E-state index in [1.165, 1.54) is 37.1 Å². The van der Waals surface area contributed by atoms with E-state index in [0.29, 0.717) is 17.9 Å². The minimum absolute atomic E-state index is 0.0294. The number of amides is 2. The lowest BCUT2D eigenvalue weighted by molar-refractivity contribution is 0.0846. The van der Waals surface area contributed by atoms with Crippen LogP contribution in [0.5, 0.6) is 5.75 Å². The van der Waals surface area contributed by atoms with Gasteiger partial charge in [-0.2, -0.15) is 0 Å². The smallest absolute Gasteiger partial charge is 0.269 e. The van der Waals surface area contributed by atoms with E-state index in [-0.39, 0.29) is 10.5 Å². The quantitative estimate of drug-likeness (QED) is 0.481. The zero-order valence-corrected chi connectivity index (χ0v) is 17.4. The average Bonchev–Trinajstić information content (AvgIpc) is 2.71. The molecule has 2 aromatic carbocycles. The van der Waals surface area contributed by atoms with Gasteiger partial charge in [0.2, 0.25) is 0 Å². The van der Waals surface area contributed by atoms with E-state index >= 15 is 0 Å². The van der Waals surface area contributed by atoms with Gasteiger partial charge in [0.05, 0.1) is 11.5 Å². The first kappa shape index (κ1) is 22.4. The number of carbonyl (C=O) groups excluding carboxylic acids is 2. The number of rotatable bonds is 9. The molecule has 7 nitrogen and oxygen atoms in total. The highest BCUT2D eigenvalue weighted by Crippen LogP contribution is 2.13. The summed E-state index contributed by atoms with van der Waals surface area (Å²) in [6.45, 7) is 2.79. The van der Waals surface area contributed by atoms with Gasteiger partial charge in [0.15, 0.2) is 9.84 Å². The number of ether oxygens (including phenoxy) is 1. The fourth-order valence-corrected chi connectivity index (χ4v) is 3.21. The molecule has 0 aliphatic rings. The molecular formula is C21H26N2O5S. The number of unbranched alkanes of at least 4 members (excludes halogenated alkanes) is 3. The number of hydrogen-bond acceptors (Lipinski definition) is 5. The maximum atomic E-state index is 12.2. The van der Waals surface area contributed by atoms with Crippen molar-refractivity contribution in [3.8, 4) is 5.75 Å². The van der Waals surface area contributed by atoms with Gasteiger partial charge in [0.25, 0.3) is 11.8 Å². The summed E-state index contributed by atoms with van der Waals surface area (Å²) in [6, 6.07) is 12.2. The number of carbonyl (C=O) groups is 2. The molecule has 2 amide bonds. The number of hydrazine groups is 1. The first-order valence-corrected chi connectivity index (χ1v) is 11.3. The van der Waals surface area contributed by atoms with Crippen molar-refractivity contribution in [2.45, 2.75) is 37.5 Å². The third-order valence-electron chi connectivity index (χ3n) is 4.20. The molecular weight excluding hydrogens is 392 g/mol. The van der Waals surface area contributed by atoms with Crippen molar-refractivity contribution >= 4 is 21.7 Å². The fraction of sp³-hybridized carbons (Fsp3) is 0.333. The highest BCUT2D eigenvalue weighted by molar-refractivity contribution is 7.90. The molecule has 2 N–H and O–H groups in total. The van der Waals surface area contributed by atoms with Crippen molar-refractivity contribution in [1.29, 1.82) is 0 Å². The molecule has 0 saturated carbocycles. The highest BCUT2D eigenvalue weighted by atomic mass is 32.2. The van der Waals surface area contributed by atoms with Crippen molar-refractivity contribution in [3.63, 3.8) is 0 Å². The second kappa shape index (κ2) is 10.6. The summed E-state index contributed by atoms with van der Waals surface area (Å²) in [5.74, 6) is -0.428. The normalized spacial score (nSPS) is 11.0. The predicted molar refractivity (Wildman–Crippen MR) is 111 cm³/mol. The molecule has 8 heteroatoms. The van der Waals surface area contributed by atoms with Crippen LogP contribution in [0, 0.1) is 0 Å². The summed E-state index contributed by atoms with van der Waals surface area (Å²) in [7, 11) is -3.43. The molecule has 0 radical (unpaired) electrons. The molecule has 0 unspecified atom stereocenters. The second-order valence-electron chi connectivity index (χ2n) is 6.64. The van der Waals surface area contributed by atoms with Crippen molar-refractivity contribution in [3.05, 3.63) is 59.7 Å². The third kappa shape index (κ3) is 7.23. The van der Waals surface area contributed by atoms with E-state index in [2.05, 4.69) is 17.8 Å². The number of hydrogen-bond donors (Lipinski definition) is 2. The lowest BCUT2D eigenvalue weighted by Crippen LogP contribution is -2.41. The molecule has 29 heavy (non-hydrogen) atoms. The summed E-state index contributed by atoms with van der Waals surface area (Å²) in [6.07, 6.45) is 5.53. The Morgan fingerprint density at radius 2 is 1.55 bits per heavy atom. The minimum Gasteiger partial charge on any atom is -0.494 e. The average molecular weight is 419 g/mol. The molecule has 2 rings (SSSR count). The van der Waals surface area contributed by atoms with E-state index in [1.54, 1.807) is 24.3 Å². The van der Waals surface area contributed by atoms with E-state index in [1.807, 2.05) is 0 Å². The Balaban J connectivity index is 1.86. The Kier molecular flexibility index (Phi) is 8.21. The molecule has 2 aromatic rings. The van der Waals surface area contributed by atoms with Crippen molar-refractivity contribution in [1.82, 2.24) is 10.9 Å². The molecule has 0 bridgehead atoms. The van der Waals surface area contributed by atoms with Gasteiger partial charge < -0.3 is 4.74 Å². The second-order valence-corrected chi connectivity index (χ2v) is 8.66. The Bertz CT molecular complexity index is 940. The molecule has 0 aliphatic heterocycles. The first-order chi connectivity index (χ1) is 13.8. The lowest BCUT2D eigenvalue weighted by atomic mass is 10.2. The van der Waals surface area contributed by atoms with Crippen LogP contribution in [-0.2, 0) is 9.84 Å². The van der Waals surface area contributed by atoms with Crippen molar-refractivity contribution < 1.29 is 22.7 Å². The SMILES string of the molecule is CCCCCCOc1ccc(C(=O)NNC(=O)c2cccc(S(C)(=O)=O)c2)cc1. The largest absolute Gasteiger partial charge is 0.494 e. The Morgan fingerprint density at radius 1 is 0.897 bits per heavy atom. The van der Waals surface area contributed by atoms with Gasteiger partial charge in [-0.1, -0.05) is 32.3 Å². The van der Waals surface area contributed by atoms with Crippen LogP contribution in [0.1, 0.15) is 53.3 Å². The van der Waals surface area contributed by atoms with Crippen LogP contribution in [0.3, 0.4) is 0 Å². The number of nitrogens with one attached hydrogen (secondary N) is 2. The van der Waals surface area contributed by atoms with Crippen LogP contribution < -0.4 is 15.6 Å². The van der Waals surface area contributed by atoms with Gasteiger partial charge in [0.1, 0.15) is 5.75 Å². The van der Waals surface area contributed by atoms with Gasteiger partial charge in [-0.25, -0.2) is 8.42 Å². The molecule has 0 aliphatic carbocycles. The Morgan fingerprint density at radius 3 is 2.17 bits per heavy atom. The minimum atomic E-state index is -3.43. The van der Waals surface area contributed by atoms with Crippen molar-refractivity contribution in [2.75, 3.05) is 12.9 Å². The topological polar surface area (TPSA) is 102 Å². The van der Waals surface area contributed by atoms with E-state index in [4.69, 9.17) is 4.74 Å². The maximum Gasteiger partial charge on any atom is 0.269 e. The molecule has 156 valence electrons. The molecule has 0 heterocycles. The zero-order valence-electron chi connectivity index (χ0n) is 16.6. The zero-order chi connectivity index (χ0) is 21.3. The number of benzene rings is 2. The van der Waals surface area contributed by atoms with E-state index < -0.39 is 21.7 Å². The Hall–Kier alpha value is -2.87. The summed E-state index contributed by atoms with van der Waals surface area (Å²) in [4.78, 5) is 24.4. The van der Waals surface area contributed by atoms with Crippen LogP contribution in [0.4, 0.5) is 0 Å². The van der Waals surface area contributed by atoms with Gasteiger partial charge >= 0.3 is 0 Å². The summed E-state index contributed by atoms with van der Waals surface area (Å²) in [5, 5.41) is 0. The molecule has 0 fully saturated rings. The van der Waals surface area contributed by atoms with E-state index in [9.17, 15) is 18.0 Å². The third-order valence-corrected chi connectivity index (χ3v) is 5.31. The van der Waals surface area contributed by atoms with Crippen LogP contribution in [0.2, 0.25) is 0 Å². The van der Waals surface area contributed by atoms with Crippen LogP contribution in [0.25, 0.3) is 0 Å². The van der Waals surface area contributed by atoms with Crippen LogP contribution >= 0.6 is 0 Å². The summed E-state index contributed by atoms with van der Waals surface area (Å²) < 4.78 is 28.8. The molecule has 0 spiro atoms. The summed E-state index contributed by atoms with van der Waals surface area (Å²) in [5.41, 5.74) is 5.07. The highest BCUT2D eigenvalue weighted by Gasteiger charge is 2.13. The van der Waals surface area contributed by atoms with Crippen LogP contribution in [-0.4, -0.2) is 33.1 Å². The Labute approximate surface area is 171 Å². The lowest BCUT2D eigenvalue weighted by Gasteiger charge is -2.09. The molecule has 0 saturated heterocycles. The predicted octanol–water partition coefficient (Wildman–Crippen LogP) is 3.12. The maximum absolute atomic E-state index is 12.2. The van der Waals surface area contributed by atoms with Gasteiger partial charge in [-0.3, -0.25) is 20.4 Å². The number of sulfone groups is 1. The first-order valence-electron chi connectivity index (χ1n) is 9.45. The van der Waals surface area contributed by atoms with Gasteiger partial charge in [-0.05, 0) is 48.9 Å². The monoisotopic (exact) mass is 418 g/mol. The summed E-state index contributed by atoms with van der Waals surface area (Å²) >= 11 is 0. The molecule has 0 aromatic heterocycles. The van der Waals surface area contributed by atoms with Crippen LogP contribution in [0.15, 0.2) is 53.4 Å². The fourth-order valence-electron chi connectivity index (χ4n) is 2.55. The van der Waals surface area contributed by atoms with E-state index in [0.717, 1.165) is 19.1 Å². The van der Waals surface area contributed by atoms with Crippen molar-refractivity contribution in [2.24, 2.45) is 0 Å². The van der Waals surface area contributed by atoms with Gasteiger partial charge in [0, 0.05) is 17.4 Å².